The number of ether oxygens (including phenoxy) is 1. The first kappa shape index (κ1) is 28.2. The number of fused-ring (bicyclic) bond motifs is 1. The van der Waals surface area contributed by atoms with Gasteiger partial charge in [-0.3, -0.25) is 4.57 Å². The van der Waals surface area contributed by atoms with E-state index in [-0.39, 0.29) is 34.8 Å². The highest BCUT2D eigenvalue weighted by molar-refractivity contribution is 5.77. The van der Waals surface area contributed by atoms with Crippen LogP contribution in [0.1, 0.15) is 42.6 Å². The molecule has 2 aromatic carbocycles. The molecule has 0 saturated carbocycles. The third-order valence-corrected chi connectivity index (χ3v) is 7.24. The van der Waals surface area contributed by atoms with E-state index >= 15 is 0 Å². The molecule has 6 rings (SSSR count). The van der Waals surface area contributed by atoms with Crippen molar-refractivity contribution in [2.24, 2.45) is 0 Å². The van der Waals surface area contributed by atoms with Crippen LogP contribution in [0.25, 0.3) is 17.0 Å². The highest BCUT2D eigenvalue weighted by atomic mass is 19.4. The fraction of sp³-hybridized carbons (Fsp3) is 0.407. The lowest BCUT2D eigenvalue weighted by molar-refractivity contribution is -0.137. The molecule has 4 heterocycles. The molecule has 9 nitrogen and oxygen atoms in total. The van der Waals surface area contributed by atoms with E-state index in [2.05, 4.69) is 30.6 Å². The molecule has 0 amide bonds. The number of nitrogens with zero attached hydrogens (tertiary/aromatic N) is 6. The first-order chi connectivity index (χ1) is 20.2. The summed E-state index contributed by atoms with van der Waals surface area (Å²) in [6.07, 6.45) is -6.69. The number of anilines is 2. The van der Waals surface area contributed by atoms with Crippen LogP contribution < -0.4 is 15.5 Å². The van der Waals surface area contributed by atoms with Crippen LogP contribution in [0.15, 0.2) is 42.5 Å². The van der Waals surface area contributed by atoms with E-state index < -0.39 is 35.9 Å². The quantitative estimate of drug-likeness (QED) is 0.301. The molecule has 4 aromatic rings. The molecular formula is C27H26F6N8O. The summed E-state index contributed by atoms with van der Waals surface area (Å²) in [4.78, 5) is 19.5. The van der Waals surface area contributed by atoms with E-state index in [9.17, 15) is 26.3 Å². The van der Waals surface area contributed by atoms with Gasteiger partial charge < -0.3 is 20.3 Å². The van der Waals surface area contributed by atoms with Crippen molar-refractivity contribution in [2.75, 3.05) is 43.0 Å². The highest BCUT2D eigenvalue weighted by Gasteiger charge is 2.31. The third-order valence-electron chi connectivity index (χ3n) is 7.24. The number of morpholine rings is 1. The third kappa shape index (κ3) is 5.83. The zero-order valence-corrected chi connectivity index (χ0v) is 22.1. The van der Waals surface area contributed by atoms with Gasteiger partial charge >= 0.3 is 6.18 Å². The van der Waals surface area contributed by atoms with Gasteiger partial charge in [-0.15, -0.1) is 0 Å². The number of hydrogen-bond donors (Lipinski definition) is 2. The van der Waals surface area contributed by atoms with Crippen LogP contribution >= 0.6 is 0 Å². The maximum atomic E-state index is 14.1. The zero-order valence-electron chi connectivity index (χ0n) is 22.1. The van der Waals surface area contributed by atoms with Crippen LogP contribution in [0.4, 0.5) is 38.0 Å². The van der Waals surface area contributed by atoms with Gasteiger partial charge in [0.2, 0.25) is 11.9 Å². The van der Waals surface area contributed by atoms with E-state index in [0.717, 1.165) is 28.8 Å². The van der Waals surface area contributed by atoms with Crippen molar-refractivity contribution in [2.45, 2.75) is 37.6 Å². The van der Waals surface area contributed by atoms with Gasteiger partial charge in [0.1, 0.15) is 11.9 Å². The lowest BCUT2D eigenvalue weighted by atomic mass is 10.0. The number of benzene rings is 2. The molecular weight excluding hydrogens is 566 g/mol. The predicted octanol–water partition coefficient (Wildman–Crippen LogP) is 5.05. The molecule has 42 heavy (non-hydrogen) atoms. The summed E-state index contributed by atoms with van der Waals surface area (Å²) in [7, 11) is 0. The fourth-order valence-corrected chi connectivity index (χ4v) is 5.13. The number of halogens is 6. The summed E-state index contributed by atoms with van der Waals surface area (Å²) in [6, 6.07) is 8.45. The molecule has 222 valence electrons. The Balaban J connectivity index is 1.28. The number of hydrogen-bond acceptors (Lipinski definition) is 8. The lowest BCUT2D eigenvalue weighted by Gasteiger charge is -2.33. The van der Waals surface area contributed by atoms with Crippen LogP contribution in [0, 0.1) is 5.82 Å². The fourth-order valence-electron chi connectivity index (χ4n) is 5.13. The molecule has 0 spiro atoms. The summed E-state index contributed by atoms with van der Waals surface area (Å²) < 4.78 is 87.7. The van der Waals surface area contributed by atoms with Crippen molar-refractivity contribution < 1.29 is 31.1 Å². The number of aromatic nitrogens is 5. The average Bonchev–Trinajstić information content (AvgIpc) is 3.37. The largest absolute Gasteiger partial charge is 0.416 e. The Labute approximate surface area is 235 Å². The maximum absolute atomic E-state index is 14.1. The SMILES string of the molecule is Fc1ccc2c(c1)nc(C(F)F)n2-c1nc(C2CNCCO2)nc(N2CCC(Nc3ccc(C(F)(F)F)cc3)CC2)n1. The van der Waals surface area contributed by atoms with Gasteiger partial charge in [-0.25, -0.2) is 18.2 Å². The van der Waals surface area contributed by atoms with Crippen LogP contribution in [-0.4, -0.2) is 63.3 Å². The van der Waals surface area contributed by atoms with Gasteiger partial charge in [0, 0.05) is 44.0 Å². The van der Waals surface area contributed by atoms with E-state index in [1.165, 1.54) is 18.2 Å². The molecule has 0 radical (unpaired) electrons. The van der Waals surface area contributed by atoms with Crippen molar-refractivity contribution in [1.82, 2.24) is 29.8 Å². The molecule has 15 heteroatoms. The van der Waals surface area contributed by atoms with Crippen molar-refractivity contribution in [3.05, 3.63) is 65.5 Å². The number of rotatable bonds is 6. The Hall–Kier alpha value is -3.98. The zero-order chi connectivity index (χ0) is 29.4. The second-order valence-corrected chi connectivity index (χ2v) is 10.1. The second-order valence-electron chi connectivity index (χ2n) is 10.1. The van der Waals surface area contributed by atoms with E-state index in [1.54, 1.807) is 0 Å². The molecule has 1 unspecified atom stereocenters. The highest BCUT2D eigenvalue weighted by Crippen LogP contribution is 2.31. The van der Waals surface area contributed by atoms with Crippen LogP contribution in [-0.2, 0) is 10.9 Å². The minimum Gasteiger partial charge on any atom is -0.382 e. The first-order valence-electron chi connectivity index (χ1n) is 13.4. The standard InChI is InChI=1S/C27H26F6N8O/c28-16-3-6-20-19(13-16)36-24(22(29)30)41(20)26-38-23(21-14-34-9-12-42-21)37-25(39-26)40-10-7-18(8-11-40)35-17-4-1-15(2-5-17)27(31,32)33/h1-6,13,18,21-22,34-35H,7-12,14H2. The smallest absolute Gasteiger partial charge is 0.382 e. The molecule has 1 atom stereocenters. The van der Waals surface area contributed by atoms with Crippen molar-refractivity contribution in [3.63, 3.8) is 0 Å². The van der Waals surface area contributed by atoms with Crippen LogP contribution in [0.2, 0.25) is 0 Å². The molecule has 2 saturated heterocycles. The monoisotopic (exact) mass is 592 g/mol. The summed E-state index contributed by atoms with van der Waals surface area (Å²) >= 11 is 0. The molecule has 2 aliphatic rings. The van der Waals surface area contributed by atoms with Crippen LogP contribution in [0.3, 0.4) is 0 Å². The topological polar surface area (TPSA) is 93.0 Å². The van der Waals surface area contributed by atoms with E-state index in [0.29, 0.717) is 51.3 Å². The summed E-state index contributed by atoms with van der Waals surface area (Å²) in [5.74, 6) is -0.795. The predicted molar refractivity (Wildman–Crippen MR) is 141 cm³/mol. The summed E-state index contributed by atoms with van der Waals surface area (Å²) in [6.45, 7) is 2.45. The Kier molecular flexibility index (Phi) is 7.62. The number of nitrogens with one attached hydrogen (secondary N) is 2. The Morgan fingerprint density at radius 3 is 2.36 bits per heavy atom. The van der Waals surface area contributed by atoms with Gasteiger partial charge in [0.05, 0.1) is 23.2 Å². The molecule has 2 N–H and O–H groups in total. The van der Waals surface area contributed by atoms with E-state index in [1.807, 2.05) is 4.90 Å². The van der Waals surface area contributed by atoms with E-state index in [4.69, 9.17) is 4.74 Å². The molecule has 0 bridgehead atoms. The Morgan fingerprint density at radius 2 is 1.69 bits per heavy atom. The summed E-state index contributed by atoms with van der Waals surface area (Å²) in [5, 5.41) is 6.47. The van der Waals surface area contributed by atoms with Crippen molar-refractivity contribution in [3.8, 4) is 5.95 Å². The van der Waals surface area contributed by atoms with Crippen molar-refractivity contribution in [1.29, 1.82) is 0 Å². The number of alkyl halides is 5. The number of piperidine rings is 1. The maximum Gasteiger partial charge on any atom is 0.416 e. The molecule has 2 fully saturated rings. The normalized spacial score (nSPS) is 18.6. The van der Waals surface area contributed by atoms with Gasteiger partial charge in [-0.05, 0) is 49.2 Å². The number of imidazole rings is 1. The Morgan fingerprint density at radius 1 is 0.952 bits per heavy atom. The second kappa shape index (κ2) is 11.4. The molecule has 0 aliphatic carbocycles. The van der Waals surface area contributed by atoms with Gasteiger partial charge in [-0.2, -0.15) is 28.1 Å². The van der Waals surface area contributed by atoms with Gasteiger partial charge in [-0.1, -0.05) is 0 Å². The minimum absolute atomic E-state index is 0.0115. The van der Waals surface area contributed by atoms with Crippen molar-refractivity contribution >= 4 is 22.7 Å². The van der Waals surface area contributed by atoms with Crippen LogP contribution in [0.5, 0.6) is 0 Å². The molecule has 2 aromatic heterocycles. The van der Waals surface area contributed by atoms with Gasteiger partial charge in [0.15, 0.2) is 11.6 Å². The Bertz CT molecular complexity index is 1550. The first-order valence-corrected chi connectivity index (χ1v) is 13.4. The van der Waals surface area contributed by atoms with Gasteiger partial charge in [0.25, 0.3) is 6.43 Å². The summed E-state index contributed by atoms with van der Waals surface area (Å²) in [5.41, 5.74) is 0.125. The average molecular weight is 593 g/mol. The lowest BCUT2D eigenvalue weighted by Crippen LogP contribution is -2.40. The molecule has 2 aliphatic heterocycles. The minimum atomic E-state index is -4.40.